The van der Waals surface area contributed by atoms with Gasteiger partial charge in [-0.1, -0.05) is 13.0 Å². The topological polar surface area (TPSA) is 92.8 Å². The first-order valence-electron chi connectivity index (χ1n) is 9.32. The van der Waals surface area contributed by atoms with Gasteiger partial charge in [0.15, 0.2) is 6.61 Å². The Morgan fingerprint density at radius 1 is 1.22 bits per heavy atom. The molecule has 2 atom stereocenters. The molecule has 0 spiro atoms. The fourth-order valence-corrected chi connectivity index (χ4v) is 4.53. The maximum absolute atomic E-state index is 12.4. The number of hydrogen-bond donors (Lipinski definition) is 1. The predicted molar refractivity (Wildman–Crippen MR) is 104 cm³/mol. The van der Waals surface area contributed by atoms with E-state index in [-0.39, 0.29) is 35.9 Å². The molecule has 1 aliphatic heterocycles. The summed E-state index contributed by atoms with van der Waals surface area (Å²) in [7, 11) is -3.44. The number of nitrogens with one attached hydrogen (secondary N) is 1. The number of benzene rings is 1. The Balaban J connectivity index is 1.98. The van der Waals surface area contributed by atoms with E-state index in [9.17, 15) is 18.0 Å². The molecule has 0 bridgehead atoms. The van der Waals surface area contributed by atoms with Crippen molar-refractivity contribution in [1.29, 1.82) is 0 Å². The van der Waals surface area contributed by atoms with Crippen LogP contribution in [-0.4, -0.2) is 49.6 Å². The highest BCUT2D eigenvalue weighted by molar-refractivity contribution is 7.92. The van der Waals surface area contributed by atoms with Crippen LogP contribution in [0.5, 0.6) is 0 Å². The van der Waals surface area contributed by atoms with E-state index in [1.165, 1.54) is 12.1 Å². The van der Waals surface area contributed by atoms with Gasteiger partial charge in [0.1, 0.15) is 0 Å². The van der Waals surface area contributed by atoms with Gasteiger partial charge in [-0.25, -0.2) is 13.2 Å². The Bertz CT molecular complexity index is 768. The molecule has 0 radical (unpaired) electrons. The van der Waals surface area contributed by atoms with Gasteiger partial charge in [-0.15, -0.1) is 0 Å². The van der Waals surface area contributed by atoms with Crippen LogP contribution >= 0.6 is 0 Å². The summed E-state index contributed by atoms with van der Waals surface area (Å²) < 4.78 is 31.3. The van der Waals surface area contributed by atoms with Gasteiger partial charge in [-0.05, 0) is 57.7 Å². The first-order valence-corrected chi connectivity index (χ1v) is 11.0. The zero-order chi connectivity index (χ0) is 20.0. The fraction of sp³-hybridized carbons (Fsp3) is 0.579. The van der Waals surface area contributed by atoms with Crippen molar-refractivity contribution in [3.8, 4) is 0 Å². The van der Waals surface area contributed by atoms with Crippen molar-refractivity contribution in [3.63, 3.8) is 0 Å². The number of rotatable bonds is 7. The highest BCUT2D eigenvalue weighted by atomic mass is 32.2. The van der Waals surface area contributed by atoms with Crippen LogP contribution in [0.25, 0.3) is 0 Å². The summed E-state index contributed by atoms with van der Waals surface area (Å²) in [6.07, 6.45) is 3.48. The van der Waals surface area contributed by atoms with Gasteiger partial charge < -0.3 is 9.64 Å². The normalized spacial score (nSPS) is 20.2. The van der Waals surface area contributed by atoms with Crippen molar-refractivity contribution in [2.75, 3.05) is 17.1 Å². The highest BCUT2D eigenvalue weighted by Crippen LogP contribution is 2.22. The van der Waals surface area contributed by atoms with E-state index in [0.717, 1.165) is 19.3 Å². The third-order valence-corrected chi connectivity index (χ3v) is 6.15. The summed E-state index contributed by atoms with van der Waals surface area (Å²) in [5.74, 6) is -0.859. The highest BCUT2D eigenvalue weighted by Gasteiger charge is 2.29. The number of esters is 1. The molecule has 1 aromatic carbocycles. The molecule has 1 heterocycles. The first kappa shape index (κ1) is 21.2. The summed E-state index contributed by atoms with van der Waals surface area (Å²) in [5, 5.41) is 0. The van der Waals surface area contributed by atoms with Crippen LogP contribution in [-0.2, 0) is 19.6 Å². The maximum atomic E-state index is 12.4. The number of piperidine rings is 1. The molecule has 150 valence electrons. The van der Waals surface area contributed by atoms with Crippen LogP contribution < -0.4 is 4.72 Å². The number of ether oxygens (including phenoxy) is 1. The lowest BCUT2D eigenvalue weighted by Crippen LogP contribution is -2.49. The van der Waals surface area contributed by atoms with Gasteiger partial charge in [0, 0.05) is 17.8 Å². The van der Waals surface area contributed by atoms with E-state index >= 15 is 0 Å². The summed E-state index contributed by atoms with van der Waals surface area (Å²) in [5.41, 5.74) is 0.488. The molecule has 1 fully saturated rings. The second-order valence-corrected chi connectivity index (χ2v) is 8.85. The standard InChI is InChI=1S/C19H28N2O5S/c1-4-11-27(24,25)20-17-10-6-9-16(12-17)19(23)26-13-18(22)21-14(2)7-5-8-15(21)3/h6,9-10,12,14-15,20H,4-5,7-8,11,13H2,1-3H3/t14-,15-/m1/s1. The van der Waals surface area contributed by atoms with Gasteiger partial charge in [0.05, 0.1) is 11.3 Å². The van der Waals surface area contributed by atoms with E-state index in [2.05, 4.69) is 4.72 Å². The van der Waals surface area contributed by atoms with E-state index in [1.54, 1.807) is 24.0 Å². The molecule has 0 aliphatic carbocycles. The number of carbonyl (C=O) groups is 2. The van der Waals surface area contributed by atoms with Crippen molar-refractivity contribution in [2.45, 2.75) is 58.5 Å². The zero-order valence-electron chi connectivity index (χ0n) is 16.1. The number of hydrogen-bond acceptors (Lipinski definition) is 5. The molecular formula is C19H28N2O5S. The van der Waals surface area contributed by atoms with Crippen molar-refractivity contribution in [1.82, 2.24) is 4.90 Å². The largest absolute Gasteiger partial charge is 0.452 e. The van der Waals surface area contributed by atoms with Gasteiger partial charge in [0.2, 0.25) is 10.0 Å². The molecular weight excluding hydrogens is 368 g/mol. The quantitative estimate of drug-likeness (QED) is 0.716. The monoisotopic (exact) mass is 396 g/mol. The Labute approximate surface area is 161 Å². The van der Waals surface area contributed by atoms with Crippen LogP contribution in [0.4, 0.5) is 5.69 Å². The third-order valence-electron chi connectivity index (χ3n) is 4.65. The van der Waals surface area contributed by atoms with Gasteiger partial charge in [-0.2, -0.15) is 0 Å². The number of nitrogens with zero attached hydrogens (tertiary/aromatic N) is 1. The summed E-state index contributed by atoms with van der Waals surface area (Å²) in [4.78, 5) is 26.5. The second kappa shape index (κ2) is 9.21. The molecule has 0 aromatic heterocycles. The second-order valence-electron chi connectivity index (χ2n) is 7.01. The molecule has 1 aromatic rings. The van der Waals surface area contributed by atoms with E-state index in [4.69, 9.17) is 4.74 Å². The minimum Gasteiger partial charge on any atom is -0.452 e. The average Bonchev–Trinajstić information content (AvgIpc) is 2.59. The molecule has 1 amide bonds. The number of likely N-dealkylation sites (tertiary alicyclic amines) is 1. The summed E-state index contributed by atoms with van der Waals surface area (Å²) in [6, 6.07) is 6.33. The minimum absolute atomic E-state index is 0.00236. The minimum atomic E-state index is -3.44. The molecule has 1 N–H and O–H groups in total. The first-order chi connectivity index (χ1) is 12.7. The summed E-state index contributed by atoms with van der Waals surface area (Å²) >= 11 is 0. The lowest BCUT2D eigenvalue weighted by molar-refractivity contribution is -0.140. The number of sulfonamides is 1. The molecule has 2 rings (SSSR count). The van der Waals surface area contributed by atoms with Crippen LogP contribution in [0.15, 0.2) is 24.3 Å². The van der Waals surface area contributed by atoms with Gasteiger partial charge >= 0.3 is 5.97 Å². The number of anilines is 1. The molecule has 8 heteroatoms. The molecule has 27 heavy (non-hydrogen) atoms. The molecule has 0 saturated carbocycles. The number of amides is 1. The van der Waals surface area contributed by atoms with Crippen LogP contribution in [0.3, 0.4) is 0 Å². The van der Waals surface area contributed by atoms with Crippen molar-refractivity contribution in [2.24, 2.45) is 0 Å². The van der Waals surface area contributed by atoms with Crippen molar-refractivity contribution < 1.29 is 22.7 Å². The van der Waals surface area contributed by atoms with Crippen molar-refractivity contribution in [3.05, 3.63) is 29.8 Å². The fourth-order valence-electron chi connectivity index (χ4n) is 3.41. The smallest absolute Gasteiger partial charge is 0.338 e. The van der Waals surface area contributed by atoms with E-state index in [0.29, 0.717) is 12.1 Å². The zero-order valence-corrected chi connectivity index (χ0v) is 16.9. The Kier molecular flexibility index (Phi) is 7.24. The van der Waals surface area contributed by atoms with Crippen molar-refractivity contribution >= 4 is 27.6 Å². The Morgan fingerprint density at radius 3 is 2.52 bits per heavy atom. The number of carbonyl (C=O) groups excluding carboxylic acids is 2. The molecule has 7 nitrogen and oxygen atoms in total. The lowest BCUT2D eigenvalue weighted by atomic mass is 9.97. The Morgan fingerprint density at radius 2 is 1.89 bits per heavy atom. The van der Waals surface area contributed by atoms with Gasteiger partial charge in [-0.3, -0.25) is 9.52 Å². The van der Waals surface area contributed by atoms with E-state index in [1.807, 2.05) is 13.8 Å². The molecule has 0 unspecified atom stereocenters. The molecule has 1 saturated heterocycles. The molecule has 1 aliphatic rings. The predicted octanol–water partition coefficient (Wildman–Crippen LogP) is 2.78. The van der Waals surface area contributed by atoms with Crippen LogP contribution in [0.1, 0.15) is 56.8 Å². The maximum Gasteiger partial charge on any atom is 0.338 e. The summed E-state index contributed by atoms with van der Waals surface area (Å²) in [6.45, 7) is 5.45. The van der Waals surface area contributed by atoms with E-state index < -0.39 is 16.0 Å². The van der Waals surface area contributed by atoms with Crippen LogP contribution in [0, 0.1) is 0 Å². The average molecular weight is 397 g/mol. The van der Waals surface area contributed by atoms with Crippen LogP contribution in [0.2, 0.25) is 0 Å². The SMILES string of the molecule is CCCS(=O)(=O)Nc1cccc(C(=O)OCC(=O)N2[C@H](C)CCC[C@H]2C)c1. The third kappa shape index (κ3) is 5.95. The van der Waals surface area contributed by atoms with Gasteiger partial charge in [0.25, 0.3) is 5.91 Å². The Hall–Kier alpha value is -2.09. The lowest BCUT2D eigenvalue weighted by Gasteiger charge is -2.38.